The Labute approximate surface area is 116 Å². The van der Waals surface area contributed by atoms with Gasteiger partial charge in [0.15, 0.2) is 0 Å². The van der Waals surface area contributed by atoms with Crippen LogP contribution in [0.1, 0.15) is 16.8 Å². The lowest BCUT2D eigenvalue weighted by Gasteiger charge is -2.15. The van der Waals surface area contributed by atoms with Gasteiger partial charge in [-0.15, -0.1) is 0 Å². The number of nitrogen functional groups attached to an aromatic ring is 1. The molecule has 0 aromatic heterocycles. The lowest BCUT2D eigenvalue weighted by molar-refractivity contribution is -0.119. The zero-order chi connectivity index (χ0) is 14.7. The van der Waals surface area contributed by atoms with Gasteiger partial charge in [0.25, 0.3) is 5.91 Å². The zero-order valence-corrected chi connectivity index (χ0v) is 11.4. The quantitative estimate of drug-likeness (QED) is 0.668. The Morgan fingerprint density at radius 3 is 2.70 bits per heavy atom. The Balaban J connectivity index is 2.22. The number of carbonyl (C=O) groups is 2. The first-order chi connectivity index (χ1) is 9.55. The molecule has 1 atom stereocenters. The van der Waals surface area contributed by atoms with E-state index in [9.17, 15) is 9.59 Å². The smallest absolute Gasteiger partial charge is 0.253 e. The van der Waals surface area contributed by atoms with Crippen LogP contribution in [0.3, 0.4) is 0 Å². The summed E-state index contributed by atoms with van der Waals surface area (Å²) in [6, 6.07) is 2.91. The fourth-order valence-electron chi connectivity index (χ4n) is 2.05. The summed E-state index contributed by atoms with van der Waals surface area (Å²) < 4.78 is 10.2. The lowest BCUT2D eigenvalue weighted by Crippen LogP contribution is -2.36. The molecule has 0 saturated carbocycles. The molecular formula is C13H17N3O4. The molecule has 0 spiro atoms. The molecule has 7 nitrogen and oxygen atoms in total. The SMILES string of the molecule is COc1cc(OC)c(N)c(C(=O)NC2CNC(=O)C2)c1. The van der Waals surface area contributed by atoms with Crippen molar-refractivity contribution in [1.29, 1.82) is 0 Å². The van der Waals surface area contributed by atoms with Crippen LogP contribution in [-0.4, -0.2) is 38.6 Å². The average molecular weight is 279 g/mol. The number of ether oxygens (including phenoxy) is 2. The highest BCUT2D eigenvalue weighted by Gasteiger charge is 2.25. The highest BCUT2D eigenvalue weighted by Crippen LogP contribution is 2.31. The van der Waals surface area contributed by atoms with Crippen molar-refractivity contribution < 1.29 is 19.1 Å². The van der Waals surface area contributed by atoms with Crippen molar-refractivity contribution in [3.63, 3.8) is 0 Å². The normalized spacial score (nSPS) is 17.5. The monoisotopic (exact) mass is 279 g/mol. The maximum absolute atomic E-state index is 12.2. The first-order valence-corrected chi connectivity index (χ1v) is 6.14. The maximum atomic E-state index is 12.2. The van der Waals surface area contributed by atoms with E-state index >= 15 is 0 Å². The molecule has 1 aliphatic heterocycles. The van der Waals surface area contributed by atoms with E-state index < -0.39 is 0 Å². The van der Waals surface area contributed by atoms with Gasteiger partial charge in [-0.25, -0.2) is 0 Å². The molecule has 1 aromatic rings. The van der Waals surface area contributed by atoms with E-state index in [2.05, 4.69) is 10.6 Å². The number of carbonyl (C=O) groups excluding carboxylic acids is 2. The summed E-state index contributed by atoms with van der Waals surface area (Å²) >= 11 is 0. The molecule has 2 amide bonds. The molecule has 7 heteroatoms. The van der Waals surface area contributed by atoms with Crippen molar-refractivity contribution in [2.24, 2.45) is 0 Å². The zero-order valence-electron chi connectivity index (χ0n) is 11.4. The van der Waals surface area contributed by atoms with Crippen molar-refractivity contribution in [3.05, 3.63) is 17.7 Å². The highest BCUT2D eigenvalue weighted by molar-refractivity contribution is 6.01. The number of rotatable bonds is 4. The van der Waals surface area contributed by atoms with E-state index in [-0.39, 0.29) is 35.5 Å². The summed E-state index contributed by atoms with van der Waals surface area (Å²) in [7, 11) is 2.96. The van der Waals surface area contributed by atoms with Gasteiger partial charge in [0.2, 0.25) is 5.91 Å². The standard InChI is InChI=1S/C13H17N3O4/c1-19-8-4-9(12(14)10(5-8)20-2)13(18)16-7-3-11(17)15-6-7/h4-5,7H,3,6,14H2,1-2H3,(H,15,17)(H,16,18). The summed E-state index contributed by atoms with van der Waals surface area (Å²) in [6.45, 7) is 0.422. The van der Waals surface area contributed by atoms with Crippen LogP contribution >= 0.6 is 0 Å². The van der Waals surface area contributed by atoms with E-state index in [1.54, 1.807) is 6.07 Å². The largest absolute Gasteiger partial charge is 0.497 e. The van der Waals surface area contributed by atoms with E-state index in [0.717, 1.165) is 0 Å². The van der Waals surface area contributed by atoms with E-state index in [1.165, 1.54) is 20.3 Å². The van der Waals surface area contributed by atoms with Crippen molar-refractivity contribution >= 4 is 17.5 Å². The summed E-state index contributed by atoms with van der Waals surface area (Å²) in [5, 5.41) is 5.41. The molecule has 1 unspecified atom stereocenters. The Morgan fingerprint density at radius 1 is 1.40 bits per heavy atom. The van der Waals surface area contributed by atoms with Crippen molar-refractivity contribution in [2.75, 3.05) is 26.5 Å². The Kier molecular flexibility index (Phi) is 3.97. The first kappa shape index (κ1) is 14.0. The number of nitrogens with two attached hydrogens (primary N) is 1. The van der Waals surface area contributed by atoms with Gasteiger partial charge < -0.3 is 25.8 Å². The Hall–Kier alpha value is -2.44. The molecule has 0 radical (unpaired) electrons. The summed E-state index contributed by atoms with van der Waals surface area (Å²) in [6.07, 6.45) is 0.271. The highest BCUT2D eigenvalue weighted by atomic mass is 16.5. The number of nitrogens with one attached hydrogen (secondary N) is 2. The minimum atomic E-state index is -0.360. The van der Waals surface area contributed by atoms with Crippen molar-refractivity contribution in [3.8, 4) is 11.5 Å². The van der Waals surface area contributed by atoms with Gasteiger partial charge in [0.1, 0.15) is 11.5 Å². The summed E-state index contributed by atoms with van der Waals surface area (Å²) in [4.78, 5) is 23.3. The fourth-order valence-corrected chi connectivity index (χ4v) is 2.05. The molecule has 1 saturated heterocycles. The molecule has 20 heavy (non-hydrogen) atoms. The van der Waals surface area contributed by atoms with Gasteiger partial charge in [-0.1, -0.05) is 0 Å². The molecule has 1 heterocycles. The molecule has 4 N–H and O–H groups in total. The van der Waals surface area contributed by atoms with Gasteiger partial charge in [-0.3, -0.25) is 9.59 Å². The minimum Gasteiger partial charge on any atom is -0.497 e. The number of amides is 2. The molecule has 108 valence electrons. The van der Waals surface area contributed by atoms with Crippen LogP contribution in [0.2, 0.25) is 0 Å². The van der Waals surface area contributed by atoms with E-state index in [4.69, 9.17) is 15.2 Å². The number of hydrogen-bond acceptors (Lipinski definition) is 5. The summed E-state index contributed by atoms with van der Waals surface area (Å²) in [5.41, 5.74) is 6.40. The molecule has 0 aliphatic carbocycles. The minimum absolute atomic E-state index is 0.0773. The van der Waals surface area contributed by atoms with Gasteiger partial charge in [0, 0.05) is 19.0 Å². The third kappa shape index (κ3) is 2.76. The first-order valence-electron chi connectivity index (χ1n) is 6.14. The van der Waals surface area contributed by atoms with Crippen LogP contribution in [0.25, 0.3) is 0 Å². The van der Waals surface area contributed by atoms with Crippen LogP contribution in [0.4, 0.5) is 5.69 Å². The lowest BCUT2D eigenvalue weighted by atomic mass is 10.1. The Bertz CT molecular complexity index is 545. The van der Waals surface area contributed by atoms with Gasteiger partial charge >= 0.3 is 0 Å². The van der Waals surface area contributed by atoms with E-state index in [1.807, 2.05) is 0 Å². The number of hydrogen-bond donors (Lipinski definition) is 3. The predicted octanol–water partition coefficient (Wildman–Crippen LogP) is -0.0957. The van der Waals surface area contributed by atoms with Crippen LogP contribution in [0, 0.1) is 0 Å². The fraction of sp³-hybridized carbons (Fsp3) is 0.385. The molecular weight excluding hydrogens is 262 g/mol. The van der Waals surface area contributed by atoms with Crippen LogP contribution in [0.5, 0.6) is 11.5 Å². The van der Waals surface area contributed by atoms with Crippen LogP contribution in [-0.2, 0) is 4.79 Å². The van der Waals surface area contributed by atoms with Gasteiger partial charge in [0.05, 0.1) is 31.5 Å². The van der Waals surface area contributed by atoms with Crippen LogP contribution < -0.4 is 25.8 Å². The van der Waals surface area contributed by atoms with Gasteiger partial charge in [-0.05, 0) is 6.07 Å². The second kappa shape index (κ2) is 5.68. The third-order valence-corrected chi connectivity index (χ3v) is 3.13. The van der Waals surface area contributed by atoms with Crippen LogP contribution in [0.15, 0.2) is 12.1 Å². The average Bonchev–Trinajstić information content (AvgIpc) is 2.84. The Morgan fingerprint density at radius 2 is 2.15 bits per heavy atom. The van der Waals surface area contributed by atoms with Gasteiger partial charge in [-0.2, -0.15) is 0 Å². The van der Waals surface area contributed by atoms with Crippen molar-refractivity contribution in [1.82, 2.24) is 10.6 Å². The maximum Gasteiger partial charge on any atom is 0.253 e. The molecule has 0 bridgehead atoms. The molecule has 1 fully saturated rings. The number of anilines is 1. The topological polar surface area (TPSA) is 103 Å². The number of methoxy groups -OCH3 is 2. The van der Waals surface area contributed by atoms with E-state index in [0.29, 0.717) is 18.0 Å². The third-order valence-electron chi connectivity index (χ3n) is 3.13. The summed E-state index contributed by atoms with van der Waals surface area (Å²) in [5.74, 6) is 0.407. The number of benzene rings is 1. The predicted molar refractivity (Wildman–Crippen MR) is 72.8 cm³/mol. The molecule has 1 aromatic carbocycles. The van der Waals surface area contributed by atoms with Crippen molar-refractivity contribution in [2.45, 2.75) is 12.5 Å². The second-order valence-corrected chi connectivity index (χ2v) is 4.47. The molecule has 1 aliphatic rings. The molecule has 2 rings (SSSR count). The second-order valence-electron chi connectivity index (χ2n) is 4.47.